The van der Waals surface area contributed by atoms with Crippen molar-refractivity contribution in [1.29, 1.82) is 0 Å². The van der Waals surface area contributed by atoms with Crippen LogP contribution < -0.4 is 26.2 Å². The molecule has 3 saturated heterocycles. The van der Waals surface area contributed by atoms with Gasteiger partial charge in [0.1, 0.15) is 11.9 Å². The lowest BCUT2D eigenvalue weighted by Gasteiger charge is -2.38. The van der Waals surface area contributed by atoms with Crippen molar-refractivity contribution in [3.63, 3.8) is 0 Å². The number of hydrogen-bond acceptors (Lipinski definition) is 7. The molecule has 4 N–H and O–H groups in total. The molecule has 2 aromatic carbocycles. The molecule has 3 heterocycles. The maximum absolute atomic E-state index is 14.9. The molecule has 0 saturated carbocycles. The highest BCUT2D eigenvalue weighted by molar-refractivity contribution is 5.95. The zero-order valence-electron chi connectivity index (χ0n) is 20.9. The number of amides is 2. The number of nitrogens with zero attached hydrogens (tertiary/aromatic N) is 3. The van der Waals surface area contributed by atoms with E-state index in [0.717, 1.165) is 11.3 Å². The number of hydrazine groups is 2. The number of aliphatic hydroxyl groups is 1. The van der Waals surface area contributed by atoms with Crippen molar-refractivity contribution < 1.29 is 19.1 Å². The second-order valence-corrected chi connectivity index (χ2v) is 9.81. The van der Waals surface area contributed by atoms with Gasteiger partial charge < -0.3 is 14.9 Å². The summed E-state index contributed by atoms with van der Waals surface area (Å²) in [5.41, 5.74) is 13.0. The molecule has 37 heavy (non-hydrogen) atoms. The summed E-state index contributed by atoms with van der Waals surface area (Å²) in [6.07, 6.45) is 4.66. The minimum atomic E-state index is -0.982. The predicted molar refractivity (Wildman–Crippen MR) is 138 cm³/mol. The Morgan fingerprint density at radius 3 is 2.49 bits per heavy atom. The van der Waals surface area contributed by atoms with Gasteiger partial charge >= 0.3 is 0 Å². The number of hydrogen-bond donors (Lipinski definition) is 4. The summed E-state index contributed by atoms with van der Waals surface area (Å²) >= 11 is 0. The first-order valence-electron chi connectivity index (χ1n) is 12.5. The molecule has 3 aliphatic heterocycles. The molecule has 4 unspecified atom stereocenters. The Hall–Kier alpha value is -3.49. The Morgan fingerprint density at radius 2 is 1.86 bits per heavy atom. The average molecular weight is 507 g/mol. The average Bonchev–Trinajstić information content (AvgIpc) is 3.30. The predicted octanol–water partition coefficient (Wildman–Crippen LogP) is 0.972. The van der Waals surface area contributed by atoms with Gasteiger partial charge in [-0.2, -0.15) is 0 Å². The van der Waals surface area contributed by atoms with Gasteiger partial charge in [-0.25, -0.2) is 20.3 Å². The molecule has 0 bridgehead atoms. The number of piperazine rings is 1. The third-order valence-corrected chi connectivity index (χ3v) is 7.35. The fourth-order valence-electron chi connectivity index (χ4n) is 5.38. The summed E-state index contributed by atoms with van der Waals surface area (Å²) < 4.78 is 14.9. The Morgan fingerprint density at radius 1 is 1.16 bits per heavy atom. The normalized spacial score (nSPS) is 24.6. The summed E-state index contributed by atoms with van der Waals surface area (Å²) in [7, 11) is 0. The third kappa shape index (κ3) is 4.79. The summed E-state index contributed by atoms with van der Waals surface area (Å²) in [5, 5.41) is 10.9. The van der Waals surface area contributed by atoms with Gasteiger partial charge in [0.25, 0.3) is 5.91 Å². The Kier molecular flexibility index (Phi) is 6.88. The molecule has 10 heteroatoms. The number of terminal acetylenes is 1. The Bertz CT molecular complexity index is 1210. The van der Waals surface area contributed by atoms with E-state index in [1.807, 2.05) is 24.3 Å². The first-order chi connectivity index (χ1) is 17.8. The maximum Gasteiger partial charge on any atom is 0.251 e. The van der Waals surface area contributed by atoms with Crippen molar-refractivity contribution >= 4 is 23.2 Å². The van der Waals surface area contributed by atoms with Crippen LogP contribution in [0.15, 0.2) is 36.4 Å². The number of fused-ring (bicyclic) bond motifs is 1. The highest BCUT2D eigenvalue weighted by Gasteiger charge is 2.44. The van der Waals surface area contributed by atoms with Crippen molar-refractivity contribution in [2.45, 2.75) is 44.5 Å². The van der Waals surface area contributed by atoms with Crippen LogP contribution in [0.25, 0.3) is 0 Å². The second-order valence-electron chi connectivity index (χ2n) is 9.81. The molecule has 0 aromatic heterocycles. The monoisotopic (exact) mass is 506 g/mol. The summed E-state index contributed by atoms with van der Waals surface area (Å²) in [6.45, 7) is 5.74. The molecule has 194 valence electrons. The molecule has 0 radical (unpaired) electrons. The number of benzene rings is 2. The van der Waals surface area contributed by atoms with Gasteiger partial charge in [-0.15, -0.1) is 6.42 Å². The topological polar surface area (TPSA) is 100 Å². The van der Waals surface area contributed by atoms with Crippen molar-refractivity contribution in [1.82, 2.24) is 21.2 Å². The first-order valence-corrected chi connectivity index (χ1v) is 12.5. The van der Waals surface area contributed by atoms with Crippen LogP contribution in [0, 0.1) is 25.1 Å². The summed E-state index contributed by atoms with van der Waals surface area (Å²) in [5.74, 6) is 1.44. The van der Waals surface area contributed by atoms with Gasteiger partial charge in [-0.1, -0.05) is 18.1 Å². The van der Waals surface area contributed by atoms with Crippen LogP contribution in [0.1, 0.15) is 36.1 Å². The molecule has 4 atom stereocenters. The highest BCUT2D eigenvalue weighted by Crippen LogP contribution is 2.33. The van der Waals surface area contributed by atoms with E-state index in [2.05, 4.69) is 27.1 Å². The number of nitrogens with one attached hydrogen (secondary N) is 3. The van der Waals surface area contributed by atoms with Crippen LogP contribution in [0.5, 0.6) is 0 Å². The molecule has 5 rings (SSSR count). The van der Waals surface area contributed by atoms with E-state index in [9.17, 15) is 19.1 Å². The van der Waals surface area contributed by atoms with Crippen molar-refractivity contribution in [2.75, 3.05) is 36.1 Å². The number of carbonyl (C=O) groups excluding carboxylic acids is 2. The number of anilines is 2. The lowest BCUT2D eigenvalue weighted by Crippen LogP contribution is -2.60. The minimum Gasteiger partial charge on any atom is -0.384 e. The van der Waals surface area contributed by atoms with E-state index < -0.39 is 11.9 Å². The molecule has 2 aromatic rings. The van der Waals surface area contributed by atoms with Crippen molar-refractivity contribution in [3.05, 3.63) is 58.9 Å². The van der Waals surface area contributed by atoms with Crippen LogP contribution in [-0.2, 0) is 9.59 Å². The first kappa shape index (κ1) is 25.2. The number of carbonyl (C=O) groups is 2. The minimum absolute atomic E-state index is 0.150. The number of aliphatic hydroxyl groups excluding tert-OH is 1. The van der Waals surface area contributed by atoms with Crippen LogP contribution in [0.2, 0.25) is 0 Å². The summed E-state index contributed by atoms with van der Waals surface area (Å²) in [6, 6.07) is 10.6. The number of rotatable bonds is 4. The van der Waals surface area contributed by atoms with E-state index in [0.29, 0.717) is 37.3 Å². The fraction of sp³-hybridized carbons (Fsp3) is 0.407. The number of halogens is 1. The quantitative estimate of drug-likeness (QED) is 0.459. The van der Waals surface area contributed by atoms with Gasteiger partial charge in [0.15, 0.2) is 0 Å². The molecule has 0 spiro atoms. The largest absolute Gasteiger partial charge is 0.384 e. The Balaban J connectivity index is 1.29. The summed E-state index contributed by atoms with van der Waals surface area (Å²) in [4.78, 5) is 28.8. The molecule has 0 aliphatic carbocycles. The van der Waals surface area contributed by atoms with Gasteiger partial charge in [0.2, 0.25) is 5.91 Å². The second kappa shape index (κ2) is 10.1. The molecule has 9 nitrogen and oxygen atoms in total. The number of aryl methyl sites for hydroxylation is 1. The van der Waals surface area contributed by atoms with Gasteiger partial charge in [-0.3, -0.25) is 15.0 Å². The standard InChI is InChI=1S/C27H31FN6O3/c1-4-18-13-16(2)26(21(28)14-18)34-23(36)15-22-25(31-34)24(30-29-22)19-5-7-20(8-6-19)32-9-11-33(12-10-32)27(37)17(3)35/h1,5-8,13-14,17,22,24-25,29-31,35H,9-12,15H2,2-3H3. The van der Waals surface area contributed by atoms with Crippen LogP contribution in [0.4, 0.5) is 15.8 Å². The van der Waals surface area contributed by atoms with Gasteiger partial charge in [-0.05, 0) is 49.2 Å². The molecular formula is C27H31FN6O3. The molecule has 3 aliphatic rings. The highest BCUT2D eigenvalue weighted by atomic mass is 19.1. The lowest BCUT2D eigenvalue weighted by molar-refractivity contribution is -0.139. The van der Waals surface area contributed by atoms with Gasteiger partial charge in [0.05, 0.1) is 17.8 Å². The Labute approximate surface area is 215 Å². The van der Waals surface area contributed by atoms with E-state index in [-0.39, 0.29) is 42.0 Å². The van der Waals surface area contributed by atoms with Crippen LogP contribution in [-0.4, -0.2) is 66.2 Å². The van der Waals surface area contributed by atoms with E-state index in [1.54, 1.807) is 17.9 Å². The van der Waals surface area contributed by atoms with Gasteiger partial charge in [0, 0.05) is 49.9 Å². The molecule has 2 amide bonds. The fourth-order valence-corrected chi connectivity index (χ4v) is 5.38. The zero-order chi connectivity index (χ0) is 26.3. The zero-order valence-corrected chi connectivity index (χ0v) is 20.9. The van der Waals surface area contributed by atoms with E-state index in [4.69, 9.17) is 6.42 Å². The van der Waals surface area contributed by atoms with Crippen LogP contribution >= 0.6 is 0 Å². The third-order valence-electron chi connectivity index (χ3n) is 7.35. The lowest BCUT2D eigenvalue weighted by atomic mass is 9.93. The molecular weight excluding hydrogens is 475 g/mol. The van der Waals surface area contributed by atoms with Crippen LogP contribution in [0.3, 0.4) is 0 Å². The van der Waals surface area contributed by atoms with Crippen molar-refractivity contribution in [3.8, 4) is 12.3 Å². The molecule has 3 fully saturated rings. The smallest absolute Gasteiger partial charge is 0.251 e. The maximum atomic E-state index is 14.9. The van der Waals surface area contributed by atoms with E-state index >= 15 is 0 Å². The SMILES string of the molecule is C#Cc1cc(C)c(N2NC3C(CC2=O)NNC3c2ccc(N3CCN(C(=O)C(C)O)CC3)cc2)c(F)c1. The van der Waals surface area contributed by atoms with E-state index in [1.165, 1.54) is 18.0 Å². The van der Waals surface area contributed by atoms with Crippen molar-refractivity contribution in [2.24, 2.45) is 0 Å².